The van der Waals surface area contributed by atoms with Gasteiger partial charge in [0, 0.05) is 10.2 Å². The predicted octanol–water partition coefficient (Wildman–Crippen LogP) is 11.1. The van der Waals surface area contributed by atoms with E-state index in [1.165, 1.54) is 128 Å². The van der Waals surface area contributed by atoms with Crippen molar-refractivity contribution in [1.29, 1.82) is 0 Å². The van der Waals surface area contributed by atoms with E-state index in [9.17, 15) is 9.59 Å². The van der Waals surface area contributed by atoms with Crippen molar-refractivity contribution in [2.45, 2.75) is 191 Å². The molecule has 0 aromatic heterocycles. The van der Waals surface area contributed by atoms with Crippen molar-refractivity contribution in [3.63, 3.8) is 0 Å². The standard InChI is InChI=1S/2C12H24OS.2C4H9.Sn/c2*1-2-3-4-5-6-7-8-9-10-11-12(13)14;2*1-3-4-2;/h2*2-11H2,1H3,(H,13,14);2*1,3-4H2,2H3;/q;;;;+2/p-2. The molecule has 0 heterocycles. The van der Waals surface area contributed by atoms with Gasteiger partial charge < -0.3 is 34.8 Å². The Hall–Kier alpha value is 0.579. The number of hydrogen-bond acceptors (Lipinski definition) is 4. The van der Waals surface area contributed by atoms with Gasteiger partial charge in [0.05, 0.1) is 0 Å². The van der Waals surface area contributed by atoms with Crippen LogP contribution in [-0.2, 0) is 34.8 Å². The minimum absolute atomic E-state index is 0.0760. The van der Waals surface area contributed by atoms with Crippen molar-refractivity contribution < 1.29 is 9.59 Å². The van der Waals surface area contributed by atoms with E-state index in [1.54, 1.807) is 8.87 Å². The van der Waals surface area contributed by atoms with Crippen LogP contribution >= 0.6 is 0 Å². The molecule has 0 radical (unpaired) electrons. The first kappa shape index (κ1) is 42.1. The summed E-state index contributed by atoms with van der Waals surface area (Å²) in [6, 6.07) is 0. The van der Waals surface area contributed by atoms with Crippen LogP contribution in [0.5, 0.6) is 0 Å². The summed E-state index contributed by atoms with van der Waals surface area (Å²) in [5, 5.41) is -0.152. The molecule has 2 nitrogen and oxygen atoms in total. The van der Waals surface area contributed by atoms with Crippen LogP contribution in [0.1, 0.15) is 182 Å². The van der Waals surface area contributed by atoms with E-state index in [4.69, 9.17) is 0 Å². The van der Waals surface area contributed by atoms with Gasteiger partial charge in [-0.1, -0.05) is 117 Å². The van der Waals surface area contributed by atoms with Crippen molar-refractivity contribution in [1.82, 2.24) is 0 Å². The number of rotatable bonds is 26. The van der Waals surface area contributed by atoms with Gasteiger partial charge in [0.1, 0.15) is 0 Å². The van der Waals surface area contributed by atoms with Gasteiger partial charge in [0.25, 0.3) is 0 Å². The first-order valence-electron chi connectivity index (χ1n) is 16.1. The Morgan fingerprint density at radius 2 is 0.649 bits per heavy atom. The SMILES string of the molecule is CCCCCCCCCCCC(=O)[S-].CCCCCCCCCCCC(=O)[S-].CCC[CH2][Sn+2][CH2]CCC. The zero-order valence-electron chi connectivity index (χ0n) is 25.5. The fourth-order valence-corrected chi connectivity index (χ4v) is 8.34. The minimum atomic E-state index is -0.0760. The van der Waals surface area contributed by atoms with Crippen molar-refractivity contribution in [2.75, 3.05) is 0 Å². The molecule has 0 fully saturated rings. The Morgan fingerprint density at radius 3 is 0.892 bits per heavy atom. The van der Waals surface area contributed by atoms with E-state index in [-0.39, 0.29) is 31.4 Å². The molecule has 0 aliphatic carbocycles. The molecular weight excluding hydrogens is 599 g/mol. The molecule has 0 N–H and O–H groups in total. The third-order valence-corrected chi connectivity index (χ3v) is 10.8. The molecule has 0 aliphatic rings. The summed E-state index contributed by atoms with van der Waals surface area (Å²) < 4.78 is 3.25. The normalized spacial score (nSPS) is 10.1. The maximum absolute atomic E-state index is 10.5. The van der Waals surface area contributed by atoms with Gasteiger partial charge in [-0.05, 0) is 25.7 Å². The third kappa shape index (κ3) is 53.6. The number of carbonyl (C=O) groups excluding carboxylic acids is 2. The first-order chi connectivity index (χ1) is 18.0. The maximum atomic E-state index is 10.5. The second-order valence-corrected chi connectivity index (χ2v) is 15.5. The Balaban J connectivity index is -0.000000481. The van der Waals surface area contributed by atoms with Gasteiger partial charge in [-0.15, -0.1) is 0 Å². The molecule has 0 spiro atoms. The fraction of sp³-hybridized carbons (Fsp3) is 0.938. The molecule has 0 saturated heterocycles. The molecular formula is C32H64O2S2Sn. The van der Waals surface area contributed by atoms with Crippen molar-refractivity contribution in [3.05, 3.63) is 0 Å². The summed E-state index contributed by atoms with van der Waals surface area (Å²) in [4.78, 5) is 20.9. The van der Waals surface area contributed by atoms with Gasteiger partial charge in [0.2, 0.25) is 0 Å². The Kier molecular flexibility index (Phi) is 46.7. The second kappa shape index (κ2) is 41.1. The summed E-state index contributed by atoms with van der Waals surface area (Å²) in [5.74, 6) is 0. The first-order valence-corrected chi connectivity index (χ1v) is 20.9. The molecule has 5 heteroatoms. The van der Waals surface area contributed by atoms with Gasteiger partial charge in [-0.25, -0.2) is 0 Å². The quantitative estimate of drug-likeness (QED) is 0.0524. The van der Waals surface area contributed by atoms with Crippen LogP contribution in [0.3, 0.4) is 0 Å². The van der Waals surface area contributed by atoms with Gasteiger partial charge in [-0.2, -0.15) is 0 Å². The zero-order valence-corrected chi connectivity index (χ0v) is 30.0. The summed E-state index contributed by atoms with van der Waals surface area (Å²) >= 11 is 9.13. The average molecular weight is 664 g/mol. The van der Waals surface area contributed by atoms with Crippen LogP contribution in [0.2, 0.25) is 8.87 Å². The van der Waals surface area contributed by atoms with Crippen molar-refractivity contribution >= 4 is 56.6 Å². The molecule has 0 aromatic carbocycles. The van der Waals surface area contributed by atoms with Gasteiger partial charge in [-0.3, -0.25) is 0 Å². The van der Waals surface area contributed by atoms with E-state index in [2.05, 4.69) is 53.0 Å². The topological polar surface area (TPSA) is 34.1 Å². The molecule has 0 aromatic rings. The summed E-state index contributed by atoms with van der Waals surface area (Å²) in [7, 11) is 0. The Morgan fingerprint density at radius 1 is 0.405 bits per heavy atom. The summed E-state index contributed by atoms with van der Waals surface area (Å²) in [6.07, 6.45) is 30.3. The molecule has 220 valence electrons. The van der Waals surface area contributed by atoms with Crippen LogP contribution in [-0.4, -0.2) is 31.4 Å². The van der Waals surface area contributed by atoms with E-state index < -0.39 is 0 Å². The van der Waals surface area contributed by atoms with Crippen molar-refractivity contribution in [2.24, 2.45) is 0 Å². The predicted molar refractivity (Wildman–Crippen MR) is 174 cm³/mol. The molecule has 0 amide bonds. The van der Waals surface area contributed by atoms with E-state index in [0.717, 1.165) is 12.8 Å². The van der Waals surface area contributed by atoms with Crippen LogP contribution in [0.4, 0.5) is 0 Å². The molecule has 0 aliphatic heterocycles. The summed E-state index contributed by atoms with van der Waals surface area (Å²) in [6.45, 7) is 9.07. The number of unbranched alkanes of at least 4 members (excludes halogenated alkanes) is 18. The second-order valence-electron chi connectivity index (χ2n) is 10.4. The van der Waals surface area contributed by atoms with E-state index in [0.29, 0.717) is 12.8 Å². The molecule has 37 heavy (non-hydrogen) atoms. The van der Waals surface area contributed by atoms with Crippen LogP contribution in [0.15, 0.2) is 0 Å². The van der Waals surface area contributed by atoms with Gasteiger partial charge >= 0.3 is 69.5 Å². The third-order valence-electron chi connectivity index (χ3n) is 6.38. The number of carbonyl (C=O) groups is 2. The Bertz CT molecular complexity index is 395. The number of hydrogen-bond donors (Lipinski definition) is 0. The van der Waals surface area contributed by atoms with Gasteiger partial charge in [0.15, 0.2) is 0 Å². The Labute approximate surface area is 255 Å². The van der Waals surface area contributed by atoms with E-state index in [1.807, 2.05) is 0 Å². The molecule has 0 rings (SSSR count). The average Bonchev–Trinajstić information content (AvgIpc) is 2.87. The molecule has 0 saturated carbocycles. The van der Waals surface area contributed by atoms with Crippen molar-refractivity contribution in [3.8, 4) is 0 Å². The molecule has 0 atom stereocenters. The summed E-state index contributed by atoms with van der Waals surface area (Å²) in [5.41, 5.74) is 0. The van der Waals surface area contributed by atoms with E-state index >= 15 is 0 Å². The van der Waals surface area contributed by atoms with Crippen LogP contribution in [0.25, 0.3) is 0 Å². The fourth-order valence-electron chi connectivity index (χ4n) is 3.89. The molecule has 0 unspecified atom stereocenters. The monoisotopic (exact) mass is 664 g/mol. The zero-order chi connectivity index (χ0) is 28.2. The van der Waals surface area contributed by atoms with Crippen LogP contribution < -0.4 is 0 Å². The van der Waals surface area contributed by atoms with Crippen LogP contribution in [0, 0.1) is 0 Å². The molecule has 0 bridgehead atoms.